The summed E-state index contributed by atoms with van der Waals surface area (Å²) in [5.41, 5.74) is -2.32. The first-order valence-electron chi connectivity index (χ1n) is 9.67. The third-order valence-corrected chi connectivity index (χ3v) is 6.36. The molecule has 162 valence electrons. The van der Waals surface area contributed by atoms with E-state index in [2.05, 4.69) is 9.97 Å². The van der Waals surface area contributed by atoms with Crippen LogP contribution in [-0.4, -0.2) is 46.6 Å². The Morgan fingerprint density at radius 1 is 0.759 bits per heavy atom. The fourth-order valence-electron chi connectivity index (χ4n) is 2.52. The second kappa shape index (κ2) is 7.61. The number of nitrogens with one attached hydrogen (secondary N) is 1. The molecule has 0 bridgehead atoms. The highest BCUT2D eigenvalue weighted by Gasteiger charge is 2.42. The average Bonchev–Trinajstić information content (AvgIpc) is 2.62. The SMILES string of the molecule is COC(C)(C)C(C)(C)Oc1cc2nc[nH]c(=O)c2cc1OC(C)(C)C(C)(C)OC. The third kappa shape index (κ3) is 4.41. The van der Waals surface area contributed by atoms with Crippen LogP contribution in [0, 0.1) is 0 Å². The monoisotopic (exact) mass is 406 g/mol. The molecule has 2 aromatic rings. The van der Waals surface area contributed by atoms with Gasteiger partial charge in [-0.25, -0.2) is 4.98 Å². The molecule has 0 amide bonds. The lowest BCUT2D eigenvalue weighted by Crippen LogP contribution is -2.52. The van der Waals surface area contributed by atoms with Crippen LogP contribution in [0.1, 0.15) is 55.4 Å². The van der Waals surface area contributed by atoms with E-state index in [-0.39, 0.29) is 5.56 Å². The second-order valence-corrected chi connectivity index (χ2v) is 9.20. The highest BCUT2D eigenvalue weighted by atomic mass is 16.6. The van der Waals surface area contributed by atoms with Crippen molar-refractivity contribution in [3.8, 4) is 11.5 Å². The Hall–Kier alpha value is -2.12. The predicted octanol–water partition coefficient (Wildman–Crippen LogP) is 4.09. The van der Waals surface area contributed by atoms with E-state index in [0.29, 0.717) is 22.4 Å². The van der Waals surface area contributed by atoms with E-state index in [1.165, 1.54) is 6.33 Å². The molecule has 0 atom stereocenters. The van der Waals surface area contributed by atoms with Gasteiger partial charge in [0.15, 0.2) is 11.5 Å². The zero-order valence-electron chi connectivity index (χ0n) is 19.2. The van der Waals surface area contributed by atoms with Gasteiger partial charge >= 0.3 is 0 Å². The average molecular weight is 407 g/mol. The molecule has 1 aromatic heterocycles. The van der Waals surface area contributed by atoms with Gasteiger partial charge in [0, 0.05) is 20.3 Å². The van der Waals surface area contributed by atoms with Crippen LogP contribution in [0.4, 0.5) is 0 Å². The largest absolute Gasteiger partial charge is 0.481 e. The van der Waals surface area contributed by atoms with E-state index >= 15 is 0 Å². The highest BCUT2D eigenvalue weighted by molar-refractivity contribution is 5.81. The van der Waals surface area contributed by atoms with Crippen molar-refractivity contribution in [3.05, 3.63) is 28.8 Å². The van der Waals surface area contributed by atoms with Gasteiger partial charge in [-0.2, -0.15) is 0 Å². The molecule has 0 saturated carbocycles. The van der Waals surface area contributed by atoms with Gasteiger partial charge in [0.05, 0.1) is 17.2 Å². The number of rotatable bonds is 8. The Morgan fingerprint density at radius 3 is 1.66 bits per heavy atom. The van der Waals surface area contributed by atoms with Crippen molar-refractivity contribution in [2.75, 3.05) is 14.2 Å². The molecule has 0 unspecified atom stereocenters. The van der Waals surface area contributed by atoms with Gasteiger partial charge < -0.3 is 23.9 Å². The number of ether oxygens (including phenoxy) is 4. The first-order valence-corrected chi connectivity index (χ1v) is 9.67. The minimum Gasteiger partial charge on any atom is -0.481 e. The van der Waals surface area contributed by atoms with E-state index in [0.717, 1.165) is 0 Å². The lowest BCUT2D eigenvalue weighted by Gasteiger charge is -2.42. The van der Waals surface area contributed by atoms with Crippen molar-refractivity contribution < 1.29 is 18.9 Å². The van der Waals surface area contributed by atoms with Gasteiger partial charge in [0.2, 0.25) is 0 Å². The van der Waals surface area contributed by atoms with Crippen molar-refractivity contribution in [1.29, 1.82) is 0 Å². The molecule has 0 aliphatic rings. The lowest BCUT2D eigenvalue weighted by atomic mass is 9.88. The Kier molecular flexibility index (Phi) is 6.08. The lowest BCUT2D eigenvalue weighted by molar-refractivity contribution is -0.125. The molecule has 0 saturated heterocycles. The van der Waals surface area contributed by atoms with Crippen molar-refractivity contribution in [1.82, 2.24) is 9.97 Å². The van der Waals surface area contributed by atoms with Crippen LogP contribution in [0.2, 0.25) is 0 Å². The number of fused-ring (bicyclic) bond motifs is 1. The Morgan fingerprint density at radius 2 is 1.21 bits per heavy atom. The number of aromatic nitrogens is 2. The summed E-state index contributed by atoms with van der Waals surface area (Å²) in [6.07, 6.45) is 1.37. The molecule has 0 radical (unpaired) electrons. The summed E-state index contributed by atoms with van der Waals surface area (Å²) in [4.78, 5) is 19.2. The summed E-state index contributed by atoms with van der Waals surface area (Å²) in [5, 5.41) is 0.421. The van der Waals surface area contributed by atoms with Crippen LogP contribution in [0.25, 0.3) is 10.9 Å². The maximum Gasteiger partial charge on any atom is 0.258 e. The van der Waals surface area contributed by atoms with E-state index in [9.17, 15) is 4.79 Å². The molecule has 1 aromatic carbocycles. The summed E-state index contributed by atoms with van der Waals surface area (Å²) in [6.45, 7) is 15.6. The molecule has 0 aliphatic carbocycles. The summed E-state index contributed by atoms with van der Waals surface area (Å²) in [7, 11) is 3.29. The molecule has 0 aliphatic heterocycles. The molecule has 0 fully saturated rings. The van der Waals surface area contributed by atoms with Crippen molar-refractivity contribution in [2.45, 2.75) is 77.8 Å². The first-order chi connectivity index (χ1) is 13.2. The quantitative estimate of drug-likeness (QED) is 0.711. The van der Waals surface area contributed by atoms with Gasteiger partial charge in [-0.1, -0.05) is 0 Å². The normalized spacial score (nSPS) is 13.6. The Labute approximate surface area is 172 Å². The van der Waals surface area contributed by atoms with Gasteiger partial charge in [-0.05, 0) is 61.5 Å². The van der Waals surface area contributed by atoms with Crippen molar-refractivity contribution in [2.24, 2.45) is 0 Å². The number of aromatic amines is 1. The maximum atomic E-state index is 12.3. The van der Waals surface area contributed by atoms with Gasteiger partial charge in [0.1, 0.15) is 22.4 Å². The summed E-state index contributed by atoms with van der Waals surface area (Å²) in [6, 6.07) is 3.39. The number of hydrogen-bond donors (Lipinski definition) is 1. The second-order valence-electron chi connectivity index (χ2n) is 9.20. The maximum absolute atomic E-state index is 12.3. The van der Waals surface area contributed by atoms with Crippen molar-refractivity contribution in [3.63, 3.8) is 0 Å². The molecule has 1 N–H and O–H groups in total. The number of nitrogens with zero attached hydrogens (tertiary/aromatic N) is 1. The number of H-pyrrole nitrogens is 1. The molecule has 7 heteroatoms. The number of methoxy groups -OCH3 is 2. The fourth-order valence-corrected chi connectivity index (χ4v) is 2.52. The smallest absolute Gasteiger partial charge is 0.258 e. The standard InChI is InChI=1S/C22H34N2O5/c1-19(2,26-9)21(5,6)28-16-11-14-15(23-13-24-18(14)25)12-17(16)29-22(7,8)20(3,4)27-10/h11-13H,1-10H3,(H,23,24,25). The van der Waals surface area contributed by atoms with Gasteiger partial charge in [-0.3, -0.25) is 4.79 Å². The minimum absolute atomic E-state index is 0.244. The molecule has 1 heterocycles. The van der Waals surface area contributed by atoms with Crippen molar-refractivity contribution >= 4 is 10.9 Å². The third-order valence-electron chi connectivity index (χ3n) is 6.36. The van der Waals surface area contributed by atoms with Crippen LogP contribution in [-0.2, 0) is 9.47 Å². The van der Waals surface area contributed by atoms with Crippen LogP contribution >= 0.6 is 0 Å². The molecular formula is C22H34N2O5. The van der Waals surface area contributed by atoms with Gasteiger partial charge in [0.25, 0.3) is 5.56 Å². The summed E-state index contributed by atoms with van der Waals surface area (Å²) in [5.74, 6) is 0.914. The number of hydrogen-bond acceptors (Lipinski definition) is 6. The zero-order chi connectivity index (χ0) is 22.3. The molecule has 7 nitrogen and oxygen atoms in total. The molecular weight excluding hydrogens is 372 g/mol. The Balaban J connectivity index is 2.64. The molecule has 29 heavy (non-hydrogen) atoms. The van der Waals surface area contributed by atoms with Crippen LogP contribution in [0.5, 0.6) is 11.5 Å². The summed E-state index contributed by atoms with van der Waals surface area (Å²) >= 11 is 0. The van der Waals surface area contributed by atoms with Crippen LogP contribution in [0.3, 0.4) is 0 Å². The summed E-state index contributed by atoms with van der Waals surface area (Å²) < 4.78 is 24.0. The predicted molar refractivity (Wildman–Crippen MR) is 114 cm³/mol. The molecule has 2 rings (SSSR count). The molecule has 0 spiro atoms. The first kappa shape index (κ1) is 23.2. The zero-order valence-corrected chi connectivity index (χ0v) is 19.2. The van der Waals surface area contributed by atoms with E-state index in [1.807, 2.05) is 55.4 Å². The van der Waals surface area contributed by atoms with E-state index in [4.69, 9.17) is 18.9 Å². The highest BCUT2D eigenvalue weighted by Crippen LogP contribution is 2.40. The Bertz CT molecular complexity index is 928. The van der Waals surface area contributed by atoms with E-state index in [1.54, 1.807) is 26.4 Å². The van der Waals surface area contributed by atoms with Crippen LogP contribution in [0.15, 0.2) is 23.3 Å². The topological polar surface area (TPSA) is 82.7 Å². The van der Waals surface area contributed by atoms with Crippen LogP contribution < -0.4 is 15.0 Å². The number of benzene rings is 1. The fraction of sp³-hybridized carbons (Fsp3) is 0.636. The van der Waals surface area contributed by atoms with Gasteiger partial charge in [-0.15, -0.1) is 0 Å². The minimum atomic E-state index is -0.719. The van der Waals surface area contributed by atoms with E-state index < -0.39 is 22.4 Å².